The van der Waals surface area contributed by atoms with Crippen LogP contribution in [0, 0.1) is 11.3 Å². The van der Waals surface area contributed by atoms with E-state index in [1.165, 1.54) is 19.3 Å². The molecule has 1 saturated heterocycles. The summed E-state index contributed by atoms with van der Waals surface area (Å²) >= 11 is 0. The van der Waals surface area contributed by atoms with Crippen LogP contribution in [-0.4, -0.2) is 55.5 Å². The fourth-order valence-electron chi connectivity index (χ4n) is 3.58. The third-order valence-electron chi connectivity index (χ3n) is 5.32. The Kier molecular flexibility index (Phi) is 8.79. The summed E-state index contributed by atoms with van der Waals surface area (Å²) in [4.78, 5) is 11.0. The summed E-state index contributed by atoms with van der Waals surface area (Å²) in [7, 11) is -3.55. The molecule has 2 aromatic rings. The first kappa shape index (κ1) is 23.9. The lowest BCUT2D eigenvalue weighted by molar-refractivity contribution is 0.233. The maximum absolute atomic E-state index is 12.5. The van der Waals surface area contributed by atoms with E-state index >= 15 is 0 Å². The number of likely N-dealkylation sites (tertiary alicyclic amines) is 1. The van der Waals surface area contributed by atoms with Crippen molar-refractivity contribution < 1.29 is 8.42 Å². The predicted octanol–water partition coefficient (Wildman–Crippen LogP) is 3.09. The van der Waals surface area contributed by atoms with Gasteiger partial charge >= 0.3 is 0 Å². The molecule has 0 radical (unpaired) electrons. The van der Waals surface area contributed by atoms with Gasteiger partial charge in [-0.25, -0.2) is 23.1 Å². The van der Waals surface area contributed by atoms with E-state index in [0.29, 0.717) is 23.9 Å². The van der Waals surface area contributed by atoms with E-state index in [1.807, 2.05) is 6.92 Å². The van der Waals surface area contributed by atoms with Gasteiger partial charge in [0.1, 0.15) is 6.04 Å². The molecule has 1 atom stereocenters. The van der Waals surface area contributed by atoms with E-state index in [0.717, 1.165) is 32.5 Å². The lowest BCUT2D eigenvalue weighted by Crippen LogP contribution is -2.37. The van der Waals surface area contributed by atoms with Gasteiger partial charge in [0.2, 0.25) is 16.0 Å². The molecule has 32 heavy (non-hydrogen) atoms. The van der Waals surface area contributed by atoms with Crippen molar-refractivity contribution in [1.82, 2.24) is 19.6 Å². The maximum Gasteiger partial charge on any atom is 0.240 e. The van der Waals surface area contributed by atoms with Crippen LogP contribution in [0.15, 0.2) is 41.6 Å². The average Bonchev–Trinajstić information content (AvgIpc) is 2.81. The Hall–Kier alpha value is -2.74. The summed E-state index contributed by atoms with van der Waals surface area (Å²) in [6, 6.07) is 8.42. The first-order valence-electron chi connectivity index (χ1n) is 11.1. The minimum atomic E-state index is -3.55. The van der Waals surface area contributed by atoms with Crippen LogP contribution >= 0.6 is 0 Å². The Morgan fingerprint density at radius 3 is 2.41 bits per heavy atom. The van der Waals surface area contributed by atoms with Gasteiger partial charge in [-0.15, -0.1) is 0 Å². The van der Waals surface area contributed by atoms with Crippen molar-refractivity contribution in [3.05, 3.63) is 36.7 Å². The second-order valence-corrected chi connectivity index (χ2v) is 9.63. The number of rotatable bonds is 11. The molecule has 1 aliphatic rings. The van der Waals surface area contributed by atoms with Crippen molar-refractivity contribution in [2.75, 3.05) is 36.8 Å². The number of anilines is 3. The van der Waals surface area contributed by atoms with Crippen LogP contribution in [0.2, 0.25) is 0 Å². The smallest absolute Gasteiger partial charge is 0.240 e. The van der Waals surface area contributed by atoms with Gasteiger partial charge in [0, 0.05) is 18.8 Å². The van der Waals surface area contributed by atoms with Crippen LogP contribution in [0.25, 0.3) is 0 Å². The largest absolute Gasteiger partial charge is 0.367 e. The SMILES string of the molecule is CCCC(C#N)Nc1cnc(Nc2ccc(S(=O)(=O)NCCN3CCCCC3)cc2)nc1. The maximum atomic E-state index is 12.5. The van der Waals surface area contributed by atoms with Crippen molar-refractivity contribution in [2.45, 2.75) is 50.0 Å². The fourth-order valence-corrected chi connectivity index (χ4v) is 4.60. The van der Waals surface area contributed by atoms with Crippen LogP contribution in [0.5, 0.6) is 0 Å². The van der Waals surface area contributed by atoms with Gasteiger partial charge in [-0.3, -0.25) is 0 Å². The number of hydrogen-bond acceptors (Lipinski definition) is 8. The van der Waals surface area contributed by atoms with E-state index in [9.17, 15) is 8.42 Å². The zero-order valence-electron chi connectivity index (χ0n) is 18.4. The van der Waals surface area contributed by atoms with Crippen LogP contribution in [0.1, 0.15) is 39.0 Å². The summed E-state index contributed by atoms with van der Waals surface area (Å²) in [6.45, 7) is 5.24. The average molecular weight is 458 g/mol. The monoisotopic (exact) mass is 457 g/mol. The number of hydrogen-bond donors (Lipinski definition) is 3. The minimum absolute atomic E-state index is 0.223. The molecular formula is C22H31N7O2S. The van der Waals surface area contributed by atoms with Crippen LogP contribution < -0.4 is 15.4 Å². The van der Waals surface area contributed by atoms with Crippen molar-refractivity contribution >= 4 is 27.3 Å². The molecule has 0 amide bonds. The first-order chi connectivity index (χ1) is 15.5. The highest BCUT2D eigenvalue weighted by Gasteiger charge is 2.15. The van der Waals surface area contributed by atoms with Crippen LogP contribution in [0.3, 0.4) is 0 Å². The van der Waals surface area contributed by atoms with Gasteiger partial charge in [0.15, 0.2) is 0 Å². The van der Waals surface area contributed by atoms with Gasteiger partial charge in [-0.2, -0.15) is 5.26 Å². The molecule has 0 saturated carbocycles. The standard InChI is InChI=1S/C22H31N7O2S/c1-2-6-19(15-23)27-20-16-24-22(25-17-20)28-18-7-9-21(10-8-18)32(30,31)26-11-14-29-12-4-3-5-13-29/h7-10,16-17,19,26-27H,2-6,11-14H2,1H3,(H,24,25,28). The summed E-state index contributed by atoms with van der Waals surface area (Å²) in [5, 5.41) is 15.3. The van der Waals surface area contributed by atoms with E-state index in [-0.39, 0.29) is 10.9 Å². The number of nitrogens with zero attached hydrogens (tertiary/aromatic N) is 4. The number of nitrogens with one attached hydrogen (secondary N) is 3. The zero-order valence-corrected chi connectivity index (χ0v) is 19.2. The Balaban J connectivity index is 1.51. The van der Waals surface area contributed by atoms with Crippen molar-refractivity contribution in [1.29, 1.82) is 5.26 Å². The molecule has 0 bridgehead atoms. The molecule has 2 heterocycles. The molecule has 3 rings (SSSR count). The molecular weight excluding hydrogens is 426 g/mol. The highest BCUT2D eigenvalue weighted by Crippen LogP contribution is 2.18. The first-order valence-corrected chi connectivity index (χ1v) is 12.6. The van der Waals surface area contributed by atoms with Crippen molar-refractivity contribution in [2.24, 2.45) is 0 Å². The van der Waals surface area contributed by atoms with Crippen molar-refractivity contribution in [3.63, 3.8) is 0 Å². The minimum Gasteiger partial charge on any atom is -0.367 e. The summed E-state index contributed by atoms with van der Waals surface area (Å²) in [5.41, 5.74) is 1.35. The molecule has 0 spiro atoms. The molecule has 10 heteroatoms. The second-order valence-electron chi connectivity index (χ2n) is 7.86. The highest BCUT2D eigenvalue weighted by molar-refractivity contribution is 7.89. The third-order valence-corrected chi connectivity index (χ3v) is 6.79. The van der Waals surface area contributed by atoms with E-state index in [2.05, 4.69) is 36.3 Å². The Morgan fingerprint density at radius 1 is 1.09 bits per heavy atom. The predicted molar refractivity (Wildman–Crippen MR) is 125 cm³/mol. The van der Waals surface area contributed by atoms with E-state index < -0.39 is 10.0 Å². The van der Waals surface area contributed by atoms with Gasteiger partial charge in [0.25, 0.3) is 0 Å². The summed E-state index contributed by atoms with van der Waals surface area (Å²) < 4.78 is 27.8. The summed E-state index contributed by atoms with van der Waals surface area (Å²) in [6.07, 6.45) is 8.51. The van der Waals surface area contributed by atoms with Crippen LogP contribution in [-0.2, 0) is 10.0 Å². The number of piperidine rings is 1. The zero-order chi connectivity index (χ0) is 22.8. The number of aromatic nitrogens is 2. The molecule has 3 N–H and O–H groups in total. The number of benzene rings is 1. The second kappa shape index (κ2) is 11.8. The van der Waals surface area contributed by atoms with E-state index in [4.69, 9.17) is 5.26 Å². The van der Waals surface area contributed by atoms with Gasteiger partial charge in [-0.1, -0.05) is 19.8 Å². The Morgan fingerprint density at radius 2 is 1.78 bits per heavy atom. The van der Waals surface area contributed by atoms with Gasteiger partial charge in [0.05, 0.1) is 29.0 Å². The van der Waals surface area contributed by atoms with E-state index in [1.54, 1.807) is 36.7 Å². The topological polar surface area (TPSA) is 123 Å². The molecule has 1 aromatic heterocycles. The van der Waals surface area contributed by atoms with Gasteiger partial charge in [-0.05, 0) is 56.6 Å². The molecule has 0 aliphatic carbocycles. The molecule has 172 valence electrons. The highest BCUT2D eigenvalue weighted by atomic mass is 32.2. The third kappa shape index (κ3) is 7.15. The summed E-state index contributed by atoms with van der Waals surface area (Å²) in [5.74, 6) is 0.384. The fraction of sp³-hybridized carbons (Fsp3) is 0.500. The Bertz CT molecular complexity index is 982. The quantitative estimate of drug-likeness (QED) is 0.470. The van der Waals surface area contributed by atoms with Crippen LogP contribution in [0.4, 0.5) is 17.3 Å². The number of sulfonamides is 1. The molecule has 1 fully saturated rings. The lowest BCUT2D eigenvalue weighted by atomic mass is 10.1. The molecule has 1 aliphatic heterocycles. The lowest BCUT2D eigenvalue weighted by Gasteiger charge is -2.26. The molecule has 1 unspecified atom stereocenters. The molecule has 1 aromatic carbocycles. The van der Waals surface area contributed by atoms with Gasteiger partial charge < -0.3 is 15.5 Å². The normalized spacial score (nSPS) is 15.6. The number of nitriles is 1. The molecule has 9 nitrogen and oxygen atoms in total. The van der Waals surface area contributed by atoms with Crippen molar-refractivity contribution in [3.8, 4) is 6.07 Å². The Labute approximate surface area is 190 Å².